The van der Waals surface area contributed by atoms with Crippen LogP contribution in [0.5, 0.6) is 0 Å². The number of benzene rings is 2. The molecule has 5 nitrogen and oxygen atoms in total. The Bertz CT molecular complexity index is 668. The Hall–Kier alpha value is -2.82. The SMILES string of the molecule is Cc1c(N)cccc1C(=O)N[C@H](C(=O)O)c1ccccc1. The number of aliphatic carboxylic acids is 1. The summed E-state index contributed by atoms with van der Waals surface area (Å²) < 4.78 is 0. The molecule has 5 heteroatoms. The second kappa shape index (κ2) is 6.09. The first-order valence-electron chi connectivity index (χ1n) is 6.44. The first kappa shape index (κ1) is 14.6. The second-order valence-electron chi connectivity index (χ2n) is 4.68. The van der Waals surface area contributed by atoms with Crippen molar-refractivity contribution in [3.63, 3.8) is 0 Å². The number of nitrogens with one attached hydrogen (secondary N) is 1. The third-order valence-electron chi connectivity index (χ3n) is 3.28. The Kier molecular flexibility index (Phi) is 4.23. The zero-order valence-electron chi connectivity index (χ0n) is 11.5. The number of hydrogen-bond acceptors (Lipinski definition) is 3. The summed E-state index contributed by atoms with van der Waals surface area (Å²) in [7, 11) is 0. The van der Waals surface area contributed by atoms with Crippen molar-refractivity contribution in [1.82, 2.24) is 5.32 Å². The molecule has 2 rings (SSSR count). The molecule has 0 aromatic heterocycles. The van der Waals surface area contributed by atoms with Gasteiger partial charge in [-0.2, -0.15) is 0 Å². The maximum atomic E-state index is 12.3. The molecule has 21 heavy (non-hydrogen) atoms. The molecule has 2 aromatic carbocycles. The van der Waals surface area contributed by atoms with Gasteiger partial charge in [-0.25, -0.2) is 4.79 Å². The van der Waals surface area contributed by atoms with Gasteiger partial charge < -0.3 is 16.2 Å². The molecule has 0 saturated carbocycles. The van der Waals surface area contributed by atoms with Crippen LogP contribution in [0.4, 0.5) is 5.69 Å². The van der Waals surface area contributed by atoms with E-state index in [2.05, 4.69) is 5.32 Å². The van der Waals surface area contributed by atoms with E-state index in [1.54, 1.807) is 55.5 Å². The Morgan fingerprint density at radius 1 is 1.10 bits per heavy atom. The molecule has 0 fully saturated rings. The van der Waals surface area contributed by atoms with Gasteiger partial charge in [-0.15, -0.1) is 0 Å². The van der Waals surface area contributed by atoms with Crippen LogP contribution in [-0.2, 0) is 4.79 Å². The molecular weight excluding hydrogens is 268 g/mol. The molecule has 1 amide bonds. The third-order valence-corrected chi connectivity index (χ3v) is 3.28. The van der Waals surface area contributed by atoms with Crippen molar-refractivity contribution in [1.29, 1.82) is 0 Å². The molecule has 0 aliphatic rings. The van der Waals surface area contributed by atoms with E-state index in [0.717, 1.165) is 0 Å². The lowest BCUT2D eigenvalue weighted by Crippen LogP contribution is -2.34. The van der Waals surface area contributed by atoms with E-state index in [1.165, 1.54) is 0 Å². The van der Waals surface area contributed by atoms with E-state index in [1.807, 2.05) is 0 Å². The van der Waals surface area contributed by atoms with E-state index in [0.29, 0.717) is 22.4 Å². The topological polar surface area (TPSA) is 92.4 Å². The maximum absolute atomic E-state index is 12.3. The lowest BCUT2D eigenvalue weighted by Gasteiger charge is -2.16. The third kappa shape index (κ3) is 3.20. The summed E-state index contributed by atoms with van der Waals surface area (Å²) in [5.41, 5.74) is 7.78. The number of hydrogen-bond donors (Lipinski definition) is 3. The van der Waals surface area contributed by atoms with Crippen LogP contribution < -0.4 is 11.1 Å². The quantitative estimate of drug-likeness (QED) is 0.750. The molecule has 0 heterocycles. The maximum Gasteiger partial charge on any atom is 0.330 e. The molecule has 108 valence electrons. The highest BCUT2D eigenvalue weighted by Gasteiger charge is 2.23. The summed E-state index contributed by atoms with van der Waals surface area (Å²) in [4.78, 5) is 23.7. The van der Waals surface area contributed by atoms with Crippen molar-refractivity contribution in [3.8, 4) is 0 Å². The summed E-state index contributed by atoms with van der Waals surface area (Å²) in [6.45, 7) is 1.72. The Labute approximate surface area is 122 Å². The largest absolute Gasteiger partial charge is 0.479 e. The van der Waals surface area contributed by atoms with Gasteiger partial charge >= 0.3 is 5.97 Å². The minimum atomic E-state index is -1.11. The fraction of sp³-hybridized carbons (Fsp3) is 0.125. The van der Waals surface area contributed by atoms with Crippen molar-refractivity contribution in [3.05, 3.63) is 65.2 Å². The Balaban J connectivity index is 2.28. The van der Waals surface area contributed by atoms with E-state index in [9.17, 15) is 14.7 Å². The lowest BCUT2D eigenvalue weighted by atomic mass is 10.0. The van der Waals surface area contributed by atoms with Crippen LogP contribution in [0.25, 0.3) is 0 Å². The van der Waals surface area contributed by atoms with E-state index in [-0.39, 0.29) is 0 Å². The highest BCUT2D eigenvalue weighted by Crippen LogP contribution is 2.18. The average molecular weight is 284 g/mol. The van der Waals surface area contributed by atoms with Crippen LogP contribution in [0.2, 0.25) is 0 Å². The van der Waals surface area contributed by atoms with E-state index >= 15 is 0 Å². The normalized spacial score (nSPS) is 11.7. The van der Waals surface area contributed by atoms with E-state index in [4.69, 9.17) is 5.73 Å². The molecule has 0 bridgehead atoms. The van der Waals surface area contributed by atoms with Gasteiger partial charge in [0.25, 0.3) is 5.91 Å². The van der Waals surface area contributed by atoms with Gasteiger partial charge in [0.2, 0.25) is 0 Å². The van der Waals surface area contributed by atoms with Crippen LogP contribution in [0.1, 0.15) is 27.5 Å². The zero-order valence-corrected chi connectivity index (χ0v) is 11.5. The van der Waals surface area contributed by atoms with Gasteiger partial charge in [-0.3, -0.25) is 4.79 Å². The molecule has 0 unspecified atom stereocenters. The summed E-state index contributed by atoms with van der Waals surface area (Å²) in [5, 5.41) is 11.8. The molecule has 0 radical (unpaired) electrons. The van der Waals surface area contributed by atoms with Gasteiger partial charge in [-0.1, -0.05) is 36.4 Å². The number of carbonyl (C=O) groups is 2. The van der Waals surface area contributed by atoms with Crippen LogP contribution in [-0.4, -0.2) is 17.0 Å². The number of nitrogen functional groups attached to an aromatic ring is 1. The average Bonchev–Trinajstić information content (AvgIpc) is 2.48. The van der Waals surface area contributed by atoms with Gasteiger partial charge in [0, 0.05) is 11.3 Å². The molecule has 1 atom stereocenters. The highest BCUT2D eigenvalue weighted by atomic mass is 16.4. The second-order valence-corrected chi connectivity index (χ2v) is 4.68. The Morgan fingerprint density at radius 3 is 2.38 bits per heavy atom. The van der Waals surface area contributed by atoms with Crippen molar-refractivity contribution >= 4 is 17.6 Å². The first-order chi connectivity index (χ1) is 10.0. The molecule has 0 saturated heterocycles. The number of carbonyl (C=O) groups excluding carboxylic acids is 1. The summed E-state index contributed by atoms with van der Waals surface area (Å²) >= 11 is 0. The molecule has 2 aromatic rings. The zero-order chi connectivity index (χ0) is 15.4. The predicted octanol–water partition coefficient (Wildman–Crippen LogP) is 2.13. The fourth-order valence-electron chi connectivity index (χ4n) is 2.04. The first-order valence-corrected chi connectivity index (χ1v) is 6.44. The number of rotatable bonds is 4. The van der Waals surface area contributed by atoms with Crippen LogP contribution in [0, 0.1) is 6.92 Å². The van der Waals surface area contributed by atoms with Gasteiger partial charge in [0.15, 0.2) is 6.04 Å². The number of nitrogens with two attached hydrogens (primary N) is 1. The summed E-state index contributed by atoms with van der Waals surface area (Å²) in [6.07, 6.45) is 0. The van der Waals surface area contributed by atoms with Gasteiger partial charge in [-0.05, 0) is 30.2 Å². The molecule has 0 aliphatic carbocycles. The van der Waals surface area contributed by atoms with Crippen LogP contribution in [0.3, 0.4) is 0 Å². The monoisotopic (exact) mass is 284 g/mol. The van der Waals surface area contributed by atoms with Crippen molar-refractivity contribution in [2.75, 3.05) is 5.73 Å². The van der Waals surface area contributed by atoms with Crippen molar-refractivity contribution in [2.45, 2.75) is 13.0 Å². The van der Waals surface area contributed by atoms with Crippen LogP contribution in [0.15, 0.2) is 48.5 Å². The highest BCUT2D eigenvalue weighted by molar-refractivity contribution is 5.99. The minimum Gasteiger partial charge on any atom is -0.479 e. The van der Waals surface area contributed by atoms with Crippen LogP contribution >= 0.6 is 0 Å². The molecular formula is C16H16N2O3. The summed E-state index contributed by atoms with van der Waals surface area (Å²) in [5.74, 6) is -1.58. The Morgan fingerprint density at radius 2 is 1.76 bits per heavy atom. The minimum absolute atomic E-state index is 0.372. The number of anilines is 1. The standard InChI is InChI=1S/C16H16N2O3/c1-10-12(8-5-9-13(10)17)15(19)18-14(16(20)21)11-6-3-2-4-7-11/h2-9,14H,17H2,1H3,(H,18,19)(H,20,21)/t14-/m0/s1. The molecule has 0 aliphatic heterocycles. The smallest absolute Gasteiger partial charge is 0.330 e. The number of carboxylic acid groups (broad SMARTS) is 1. The molecule has 0 spiro atoms. The molecule has 4 N–H and O–H groups in total. The number of amides is 1. The summed E-state index contributed by atoms with van der Waals surface area (Å²) in [6, 6.07) is 12.4. The number of carboxylic acids is 1. The van der Waals surface area contributed by atoms with Crippen molar-refractivity contribution in [2.24, 2.45) is 0 Å². The predicted molar refractivity (Wildman–Crippen MR) is 79.9 cm³/mol. The van der Waals surface area contributed by atoms with Gasteiger partial charge in [0.05, 0.1) is 0 Å². The van der Waals surface area contributed by atoms with Gasteiger partial charge in [0.1, 0.15) is 0 Å². The lowest BCUT2D eigenvalue weighted by molar-refractivity contribution is -0.139. The van der Waals surface area contributed by atoms with E-state index < -0.39 is 17.9 Å². The fourth-order valence-corrected chi connectivity index (χ4v) is 2.04. The van der Waals surface area contributed by atoms with Crippen molar-refractivity contribution < 1.29 is 14.7 Å².